The monoisotopic (exact) mass is 321 g/mol. The van der Waals surface area contributed by atoms with Crippen molar-refractivity contribution in [3.05, 3.63) is 23.1 Å². The molecule has 2 heterocycles. The van der Waals surface area contributed by atoms with E-state index in [1.165, 1.54) is 18.1 Å². The molecule has 0 saturated carbocycles. The van der Waals surface area contributed by atoms with E-state index in [0.29, 0.717) is 6.54 Å². The Bertz CT molecular complexity index is 719. The van der Waals surface area contributed by atoms with Crippen LogP contribution in [-0.2, 0) is 29.7 Å². The maximum Gasteiger partial charge on any atom is 0.412 e. The third kappa shape index (κ3) is 4.05. The largest absolute Gasteiger partial charge is 0.453 e. The van der Waals surface area contributed by atoms with Crippen molar-refractivity contribution in [2.75, 3.05) is 12.4 Å². The number of methoxy groups -OCH3 is 1. The summed E-state index contributed by atoms with van der Waals surface area (Å²) in [5.74, 6) is -0.0310. The van der Waals surface area contributed by atoms with Crippen LogP contribution < -0.4 is 10.6 Å². The Labute approximate surface area is 132 Å². The van der Waals surface area contributed by atoms with Crippen molar-refractivity contribution in [1.82, 2.24) is 30.1 Å². The zero-order valence-corrected chi connectivity index (χ0v) is 13.5. The number of nitrogens with one attached hydrogen (secondary N) is 2. The minimum atomic E-state index is -0.649. The van der Waals surface area contributed by atoms with Crippen molar-refractivity contribution < 1.29 is 14.3 Å². The van der Waals surface area contributed by atoms with Crippen molar-refractivity contribution >= 4 is 17.8 Å². The Hall–Kier alpha value is -2.91. The predicted molar refractivity (Wildman–Crippen MR) is 80.6 cm³/mol. The molecule has 0 saturated heterocycles. The summed E-state index contributed by atoms with van der Waals surface area (Å²) in [6.07, 6.45) is 0.684. The standard InChI is InChI=1S/C13H19N7O3/c1-8-10(9(2)19(3)17-8)5-14-12(21)7-20-15-6-11(18-20)16-13(22)23-4/h6H,5,7H2,1-4H3,(H,14,21)(H,16,18,22). The van der Waals surface area contributed by atoms with E-state index in [2.05, 4.69) is 30.7 Å². The average molecular weight is 321 g/mol. The molecule has 23 heavy (non-hydrogen) atoms. The second kappa shape index (κ2) is 6.90. The summed E-state index contributed by atoms with van der Waals surface area (Å²) in [5, 5.41) is 17.3. The van der Waals surface area contributed by atoms with Gasteiger partial charge in [0.15, 0.2) is 5.82 Å². The third-order valence-electron chi connectivity index (χ3n) is 3.36. The molecule has 0 aromatic carbocycles. The number of anilines is 1. The van der Waals surface area contributed by atoms with Gasteiger partial charge in [-0.1, -0.05) is 0 Å². The van der Waals surface area contributed by atoms with Crippen molar-refractivity contribution in [2.24, 2.45) is 7.05 Å². The molecule has 2 amide bonds. The van der Waals surface area contributed by atoms with Crippen LogP contribution in [0.25, 0.3) is 0 Å². The summed E-state index contributed by atoms with van der Waals surface area (Å²) in [6.45, 7) is 4.18. The molecule has 10 nitrogen and oxygen atoms in total. The third-order valence-corrected chi connectivity index (χ3v) is 3.36. The van der Waals surface area contributed by atoms with Crippen LogP contribution in [0.5, 0.6) is 0 Å². The molecule has 0 aliphatic heterocycles. The summed E-state index contributed by atoms with van der Waals surface area (Å²) in [7, 11) is 3.10. The molecule has 0 fully saturated rings. The molecule has 2 aromatic rings. The van der Waals surface area contributed by atoms with Crippen molar-refractivity contribution in [2.45, 2.75) is 26.9 Å². The van der Waals surface area contributed by atoms with Gasteiger partial charge in [0.1, 0.15) is 6.54 Å². The number of hydrogen-bond acceptors (Lipinski definition) is 6. The molecule has 124 valence electrons. The quantitative estimate of drug-likeness (QED) is 0.808. The number of aryl methyl sites for hydroxylation is 2. The highest BCUT2D eigenvalue weighted by Gasteiger charge is 2.12. The van der Waals surface area contributed by atoms with Crippen LogP contribution in [0.4, 0.5) is 10.6 Å². The second-order valence-electron chi connectivity index (χ2n) is 4.93. The fraction of sp³-hybridized carbons (Fsp3) is 0.462. The van der Waals surface area contributed by atoms with Gasteiger partial charge in [-0.15, -0.1) is 5.10 Å². The SMILES string of the molecule is COC(=O)Nc1cnn(CC(=O)NCc2c(C)nn(C)c2C)n1. The van der Waals surface area contributed by atoms with Gasteiger partial charge in [0, 0.05) is 24.8 Å². The number of amides is 2. The Morgan fingerprint density at radius 2 is 2.04 bits per heavy atom. The average Bonchev–Trinajstić information content (AvgIpc) is 3.02. The number of hydrogen-bond donors (Lipinski definition) is 2. The number of carbonyl (C=O) groups is 2. The normalized spacial score (nSPS) is 10.4. The first kappa shape index (κ1) is 16.5. The van der Waals surface area contributed by atoms with Gasteiger partial charge in [-0.3, -0.25) is 14.8 Å². The molecular weight excluding hydrogens is 302 g/mol. The lowest BCUT2D eigenvalue weighted by Gasteiger charge is -2.05. The fourth-order valence-electron chi connectivity index (χ4n) is 2.03. The van der Waals surface area contributed by atoms with Gasteiger partial charge in [0.2, 0.25) is 5.91 Å². The van der Waals surface area contributed by atoms with Crippen LogP contribution in [-0.4, -0.2) is 43.9 Å². The number of ether oxygens (including phenoxy) is 1. The van der Waals surface area contributed by atoms with Gasteiger partial charge in [-0.2, -0.15) is 15.0 Å². The number of carbonyl (C=O) groups excluding carboxylic acids is 2. The van der Waals surface area contributed by atoms with Gasteiger partial charge in [0.25, 0.3) is 0 Å². The first-order chi connectivity index (χ1) is 10.9. The summed E-state index contributed by atoms with van der Waals surface area (Å²) in [6, 6.07) is 0. The molecule has 0 spiro atoms. The van der Waals surface area contributed by atoms with Gasteiger partial charge in [-0.05, 0) is 13.8 Å². The van der Waals surface area contributed by atoms with E-state index in [0.717, 1.165) is 17.0 Å². The molecule has 0 bridgehead atoms. The molecule has 10 heteroatoms. The predicted octanol–water partition coefficient (Wildman–Crippen LogP) is 0.123. The van der Waals surface area contributed by atoms with Crippen LogP contribution in [0.1, 0.15) is 17.0 Å². The van der Waals surface area contributed by atoms with Crippen LogP contribution in [0, 0.1) is 13.8 Å². The topological polar surface area (TPSA) is 116 Å². The maximum absolute atomic E-state index is 12.0. The molecule has 0 unspecified atom stereocenters. The van der Waals surface area contributed by atoms with Crippen LogP contribution in [0.15, 0.2) is 6.20 Å². The van der Waals surface area contributed by atoms with Crippen molar-refractivity contribution in [3.8, 4) is 0 Å². The van der Waals surface area contributed by atoms with E-state index in [1.807, 2.05) is 20.9 Å². The molecule has 2 rings (SSSR count). The second-order valence-corrected chi connectivity index (χ2v) is 4.93. The number of aromatic nitrogens is 5. The highest BCUT2D eigenvalue weighted by atomic mass is 16.5. The molecule has 0 atom stereocenters. The maximum atomic E-state index is 12.0. The first-order valence-electron chi connectivity index (χ1n) is 6.91. The highest BCUT2D eigenvalue weighted by molar-refractivity contribution is 5.82. The van der Waals surface area contributed by atoms with Gasteiger partial charge >= 0.3 is 6.09 Å². The fourth-order valence-corrected chi connectivity index (χ4v) is 2.03. The molecular formula is C13H19N7O3. The number of nitrogens with zero attached hydrogens (tertiary/aromatic N) is 5. The Morgan fingerprint density at radius 3 is 2.65 bits per heavy atom. The van der Waals surface area contributed by atoms with Crippen molar-refractivity contribution in [3.63, 3.8) is 0 Å². The van der Waals surface area contributed by atoms with Gasteiger partial charge in [-0.25, -0.2) is 4.79 Å². The first-order valence-corrected chi connectivity index (χ1v) is 6.91. The van der Waals surface area contributed by atoms with Crippen LogP contribution in [0.2, 0.25) is 0 Å². The highest BCUT2D eigenvalue weighted by Crippen LogP contribution is 2.11. The minimum Gasteiger partial charge on any atom is -0.453 e. The van der Waals surface area contributed by atoms with Crippen LogP contribution in [0.3, 0.4) is 0 Å². The molecule has 2 aromatic heterocycles. The molecule has 0 aliphatic rings. The van der Waals surface area contributed by atoms with E-state index >= 15 is 0 Å². The summed E-state index contributed by atoms with van der Waals surface area (Å²) < 4.78 is 6.22. The zero-order chi connectivity index (χ0) is 17.0. The lowest BCUT2D eigenvalue weighted by molar-refractivity contribution is -0.122. The van der Waals surface area contributed by atoms with Gasteiger partial charge in [0.05, 0.1) is 19.0 Å². The number of rotatable bonds is 5. The summed E-state index contributed by atoms with van der Waals surface area (Å²) >= 11 is 0. The van der Waals surface area contributed by atoms with Crippen LogP contribution >= 0.6 is 0 Å². The zero-order valence-electron chi connectivity index (χ0n) is 13.5. The lowest BCUT2D eigenvalue weighted by atomic mass is 10.2. The minimum absolute atomic E-state index is 0.0544. The van der Waals surface area contributed by atoms with E-state index in [9.17, 15) is 9.59 Å². The van der Waals surface area contributed by atoms with E-state index in [1.54, 1.807) is 4.68 Å². The molecule has 0 aliphatic carbocycles. The summed E-state index contributed by atoms with van der Waals surface area (Å²) in [4.78, 5) is 24.2. The Balaban J connectivity index is 1.89. The van der Waals surface area contributed by atoms with E-state index in [-0.39, 0.29) is 18.3 Å². The van der Waals surface area contributed by atoms with Gasteiger partial charge < -0.3 is 10.1 Å². The Morgan fingerprint density at radius 1 is 1.30 bits per heavy atom. The molecule has 2 N–H and O–H groups in total. The van der Waals surface area contributed by atoms with Crippen molar-refractivity contribution in [1.29, 1.82) is 0 Å². The lowest BCUT2D eigenvalue weighted by Crippen LogP contribution is -2.28. The van der Waals surface area contributed by atoms with E-state index < -0.39 is 6.09 Å². The smallest absolute Gasteiger partial charge is 0.412 e. The Kier molecular flexibility index (Phi) is 4.94. The van der Waals surface area contributed by atoms with E-state index in [4.69, 9.17) is 0 Å². The molecule has 0 radical (unpaired) electrons. The summed E-state index contributed by atoms with van der Waals surface area (Å²) in [5.41, 5.74) is 2.87.